The Kier molecular flexibility index (Phi) is 11.2. The lowest BCUT2D eigenvalue weighted by Gasteiger charge is -2.43. The Morgan fingerprint density at radius 3 is 2.17 bits per heavy atom. The van der Waals surface area contributed by atoms with Gasteiger partial charge in [-0.25, -0.2) is 13.1 Å². The molecule has 7 rings (SSSR count). The summed E-state index contributed by atoms with van der Waals surface area (Å²) in [4.78, 5) is 2.59. The second-order valence-electron chi connectivity index (χ2n) is 14.0. The number of hydrogen-bond donors (Lipinski definition) is 2. The van der Waals surface area contributed by atoms with Crippen LogP contribution in [0.3, 0.4) is 0 Å². The number of nitrogens with one attached hydrogen (secondary N) is 1. The number of aliphatic hydroxyl groups is 1. The summed E-state index contributed by atoms with van der Waals surface area (Å²) >= 11 is 0. The minimum Gasteiger partial charge on any atom is -0.392 e. The van der Waals surface area contributed by atoms with Crippen molar-refractivity contribution in [1.82, 2.24) is 9.62 Å². The summed E-state index contributed by atoms with van der Waals surface area (Å²) in [5.74, 6) is 0.0389. The van der Waals surface area contributed by atoms with Crippen molar-refractivity contribution in [2.75, 3.05) is 13.6 Å². The van der Waals surface area contributed by atoms with Gasteiger partial charge in [-0.1, -0.05) is 122 Å². The molecular weight excluding hydrogens is 681 g/mol. The smallest absolute Gasteiger partial charge is 0.240 e. The maximum Gasteiger partial charge on any atom is 0.240 e. The van der Waals surface area contributed by atoms with Crippen LogP contribution >= 0.6 is 0 Å². The first-order valence-corrected chi connectivity index (χ1v) is 19.6. The average molecular weight is 727 g/mol. The molecule has 8 heteroatoms. The van der Waals surface area contributed by atoms with E-state index in [4.69, 9.17) is 9.47 Å². The number of benzene rings is 6. The molecule has 0 bridgehead atoms. The molecule has 1 saturated heterocycles. The maximum atomic E-state index is 12.9. The second kappa shape index (κ2) is 16.1. The maximum absolute atomic E-state index is 12.9. The molecule has 6 aromatic rings. The van der Waals surface area contributed by atoms with Crippen LogP contribution in [0, 0.1) is 5.92 Å². The Morgan fingerprint density at radius 1 is 0.717 bits per heavy atom. The molecule has 0 aliphatic carbocycles. The molecule has 1 aliphatic heterocycles. The third kappa shape index (κ3) is 8.44. The van der Waals surface area contributed by atoms with E-state index >= 15 is 0 Å². The van der Waals surface area contributed by atoms with E-state index in [0.717, 1.165) is 33.4 Å². The Hall–Kier alpha value is -4.67. The van der Waals surface area contributed by atoms with Crippen LogP contribution in [0.25, 0.3) is 21.9 Å². The van der Waals surface area contributed by atoms with Crippen LogP contribution in [-0.2, 0) is 32.6 Å². The number of nitrogens with zero attached hydrogens (tertiary/aromatic N) is 1. The number of likely N-dealkylation sites (N-methyl/N-ethyl adjacent to an activating group) is 1. The van der Waals surface area contributed by atoms with Gasteiger partial charge in [0.25, 0.3) is 0 Å². The van der Waals surface area contributed by atoms with Crippen molar-refractivity contribution in [1.29, 1.82) is 0 Å². The van der Waals surface area contributed by atoms with E-state index in [1.807, 2.05) is 66.7 Å². The Bertz CT molecular complexity index is 2260. The van der Waals surface area contributed by atoms with Gasteiger partial charge in [-0.15, -0.1) is 0 Å². The van der Waals surface area contributed by atoms with Gasteiger partial charge in [-0.05, 0) is 88.5 Å². The van der Waals surface area contributed by atoms with E-state index in [-0.39, 0.29) is 42.2 Å². The zero-order valence-corrected chi connectivity index (χ0v) is 31.1. The number of rotatable bonds is 12. The molecule has 1 fully saturated rings. The molecule has 0 spiro atoms. The first-order chi connectivity index (χ1) is 25.7. The average Bonchev–Trinajstić information content (AvgIpc) is 3.21. The van der Waals surface area contributed by atoms with Crippen LogP contribution in [0.2, 0.25) is 0 Å². The Morgan fingerprint density at radius 2 is 1.42 bits per heavy atom. The summed E-state index contributed by atoms with van der Waals surface area (Å²) in [6, 6.07) is 47.7. The number of ether oxygens (including phenoxy) is 2. The van der Waals surface area contributed by atoms with Gasteiger partial charge in [0.1, 0.15) is 0 Å². The second-order valence-corrected chi connectivity index (χ2v) is 15.8. The third-order valence-electron chi connectivity index (χ3n) is 10.4. The van der Waals surface area contributed by atoms with Crippen LogP contribution in [-0.4, -0.2) is 38.1 Å². The van der Waals surface area contributed by atoms with Crippen LogP contribution in [0.5, 0.6) is 0 Å². The fraction of sp³-hybridized carbons (Fsp3) is 0.244. The molecule has 1 heterocycles. The third-order valence-corrected chi connectivity index (χ3v) is 11.9. The van der Waals surface area contributed by atoms with Crippen LogP contribution < -0.4 is 4.72 Å². The molecule has 5 atom stereocenters. The van der Waals surface area contributed by atoms with E-state index in [1.165, 1.54) is 16.3 Å². The van der Waals surface area contributed by atoms with Crippen molar-refractivity contribution in [3.05, 3.63) is 173 Å². The molecule has 0 saturated carbocycles. The number of sulfonamides is 1. The van der Waals surface area contributed by atoms with Gasteiger partial charge in [0.2, 0.25) is 10.0 Å². The standard InChI is InChI=1S/C45H46N2O5S/c1-31-43(29-47(3)32(2)37-24-23-35-12-7-8-13-39(35)26-37)51-45(52-44(31)36-21-19-33(30-48)20-22-36)41-16-10-15-40(27-41)38-14-9-11-34(25-38)28-46-53(49,50)42-17-5-4-6-18-42/h4-27,31-32,43-46,48H,28-30H2,1-3H3/t31-,32-,43+,44+,45+/m1/s1. The van der Waals surface area contributed by atoms with Crippen LogP contribution in [0.15, 0.2) is 150 Å². The molecule has 53 heavy (non-hydrogen) atoms. The molecule has 0 radical (unpaired) electrons. The highest BCUT2D eigenvalue weighted by Crippen LogP contribution is 2.43. The fourth-order valence-corrected chi connectivity index (χ4v) is 8.12. The van der Waals surface area contributed by atoms with Gasteiger partial charge in [-0.2, -0.15) is 0 Å². The molecule has 0 aromatic heterocycles. The minimum absolute atomic E-state index is 0.0138. The lowest BCUT2D eigenvalue weighted by molar-refractivity contribution is -0.276. The molecule has 2 N–H and O–H groups in total. The Labute approximate surface area is 312 Å². The largest absolute Gasteiger partial charge is 0.392 e. The zero-order chi connectivity index (χ0) is 37.0. The molecular formula is C45H46N2O5S. The number of hydrogen-bond acceptors (Lipinski definition) is 6. The summed E-state index contributed by atoms with van der Waals surface area (Å²) in [5.41, 5.74) is 6.83. The van der Waals surface area contributed by atoms with Gasteiger partial charge >= 0.3 is 0 Å². The van der Waals surface area contributed by atoms with Crippen molar-refractivity contribution in [3.63, 3.8) is 0 Å². The van der Waals surface area contributed by atoms with Crippen LogP contribution in [0.1, 0.15) is 60.1 Å². The van der Waals surface area contributed by atoms with Gasteiger partial charge in [0, 0.05) is 30.6 Å². The van der Waals surface area contributed by atoms with Crippen molar-refractivity contribution >= 4 is 20.8 Å². The zero-order valence-electron chi connectivity index (χ0n) is 30.3. The lowest BCUT2D eigenvalue weighted by atomic mass is 9.89. The van der Waals surface area contributed by atoms with Crippen molar-refractivity contribution in [2.45, 2.75) is 56.4 Å². The topological polar surface area (TPSA) is 88.1 Å². The quantitative estimate of drug-likeness (QED) is 0.131. The SMILES string of the molecule is C[C@@H]1[C@H](CN(C)[C@H](C)c2ccc3ccccc3c2)O[C@H](c2cccc(-c3cccc(CNS(=O)(=O)c4ccccc4)c3)c2)O[C@@H]1c1ccc(CO)cc1. The molecule has 272 valence electrons. The number of fused-ring (bicyclic) bond motifs is 1. The van der Waals surface area contributed by atoms with Gasteiger partial charge in [0.15, 0.2) is 6.29 Å². The van der Waals surface area contributed by atoms with E-state index in [1.54, 1.807) is 30.3 Å². The molecule has 6 aromatic carbocycles. The van der Waals surface area contributed by atoms with Crippen LogP contribution in [0.4, 0.5) is 0 Å². The first kappa shape index (κ1) is 36.7. The van der Waals surface area contributed by atoms with Gasteiger partial charge in [0.05, 0.1) is 23.7 Å². The van der Waals surface area contributed by atoms with Gasteiger partial charge in [-0.3, -0.25) is 4.90 Å². The summed E-state index contributed by atoms with van der Waals surface area (Å²) in [6.07, 6.45) is -1.00. The predicted molar refractivity (Wildman–Crippen MR) is 210 cm³/mol. The van der Waals surface area contributed by atoms with Gasteiger partial charge < -0.3 is 14.6 Å². The normalized spacial score (nSPS) is 19.7. The molecule has 7 nitrogen and oxygen atoms in total. The van der Waals surface area contributed by atoms with E-state index < -0.39 is 16.3 Å². The highest BCUT2D eigenvalue weighted by Gasteiger charge is 2.39. The van der Waals surface area contributed by atoms with E-state index in [2.05, 4.69) is 79.0 Å². The summed E-state index contributed by atoms with van der Waals surface area (Å²) in [7, 11) is -1.49. The molecule has 0 amide bonds. The molecule has 1 aliphatic rings. The van der Waals surface area contributed by atoms with Crippen molar-refractivity contribution in [3.8, 4) is 11.1 Å². The molecule has 0 unspecified atom stereocenters. The predicted octanol–water partition coefficient (Wildman–Crippen LogP) is 8.96. The minimum atomic E-state index is -3.64. The summed E-state index contributed by atoms with van der Waals surface area (Å²) < 4.78 is 42.1. The highest BCUT2D eigenvalue weighted by atomic mass is 32.2. The summed E-state index contributed by atoms with van der Waals surface area (Å²) in [6.45, 7) is 5.27. The monoisotopic (exact) mass is 726 g/mol. The fourth-order valence-electron chi connectivity index (χ4n) is 7.08. The first-order valence-electron chi connectivity index (χ1n) is 18.1. The lowest BCUT2D eigenvalue weighted by Crippen LogP contribution is -2.44. The van der Waals surface area contributed by atoms with E-state index in [0.29, 0.717) is 6.54 Å². The van der Waals surface area contributed by atoms with Crippen molar-refractivity contribution < 1.29 is 23.0 Å². The van der Waals surface area contributed by atoms with Crippen molar-refractivity contribution in [2.24, 2.45) is 5.92 Å². The number of aliphatic hydroxyl groups excluding tert-OH is 1. The Balaban J connectivity index is 1.13. The van der Waals surface area contributed by atoms with E-state index in [9.17, 15) is 13.5 Å². The summed E-state index contributed by atoms with van der Waals surface area (Å²) in [5, 5.41) is 12.1. The highest BCUT2D eigenvalue weighted by molar-refractivity contribution is 7.89.